The lowest BCUT2D eigenvalue weighted by Crippen LogP contribution is -2.32. The van der Waals surface area contributed by atoms with Crippen molar-refractivity contribution in [3.05, 3.63) is 34.1 Å². The average molecular weight is 315 g/mol. The number of hydrogen-bond donors (Lipinski definition) is 1. The molecule has 3 unspecified atom stereocenters. The van der Waals surface area contributed by atoms with Crippen LogP contribution in [-0.2, 0) is 0 Å². The maximum atomic E-state index is 13.4. The molecule has 18 heavy (non-hydrogen) atoms. The van der Waals surface area contributed by atoms with E-state index in [1.165, 1.54) is 12.5 Å². The van der Waals surface area contributed by atoms with E-state index in [1.54, 1.807) is 12.1 Å². The van der Waals surface area contributed by atoms with Crippen LogP contribution in [0.5, 0.6) is 0 Å². The summed E-state index contributed by atoms with van der Waals surface area (Å²) in [6.07, 6.45) is 1.30. The van der Waals surface area contributed by atoms with E-state index < -0.39 is 0 Å². The fourth-order valence-corrected chi connectivity index (χ4v) is 2.98. The molecule has 0 saturated heterocycles. The van der Waals surface area contributed by atoms with Gasteiger partial charge in [0.15, 0.2) is 0 Å². The molecule has 100 valence electrons. The van der Waals surface area contributed by atoms with Crippen LogP contribution in [0.2, 0.25) is 0 Å². The average Bonchev–Trinajstić information content (AvgIpc) is 3.00. The molecule has 1 aromatic rings. The third-order valence-electron chi connectivity index (χ3n) is 3.87. The molecule has 0 radical (unpaired) electrons. The molecule has 0 amide bonds. The summed E-state index contributed by atoms with van der Waals surface area (Å²) in [5.41, 5.74) is 6.81. The van der Waals surface area contributed by atoms with Crippen molar-refractivity contribution in [1.82, 2.24) is 4.90 Å². The molecule has 1 aromatic carbocycles. The number of rotatable bonds is 5. The largest absolute Gasteiger partial charge is 0.329 e. The highest BCUT2D eigenvalue weighted by Crippen LogP contribution is 2.39. The van der Waals surface area contributed by atoms with E-state index >= 15 is 0 Å². The van der Waals surface area contributed by atoms with Gasteiger partial charge < -0.3 is 5.73 Å². The van der Waals surface area contributed by atoms with E-state index in [4.69, 9.17) is 5.73 Å². The van der Waals surface area contributed by atoms with Gasteiger partial charge in [-0.3, -0.25) is 4.90 Å². The standard InChI is InChI=1S/C14H20BrFN2/c1-9-5-10(9)8-18(2)14(7-17)12-6-11(16)3-4-13(12)15/h3-4,6,9-10,14H,5,7-8,17H2,1-2H3. The monoisotopic (exact) mass is 314 g/mol. The molecule has 2 rings (SSSR count). The van der Waals surface area contributed by atoms with Gasteiger partial charge in [0.05, 0.1) is 0 Å². The van der Waals surface area contributed by atoms with Crippen molar-refractivity contribution >= 4 is 15.9 Å². The first-order valence-corrected chi connectivity index (χ1v) is 7.17. The number of likely N-dealkylation sites (N-methyl/N-ethyl adjacent to an activating group) is 1. The third kappa shape index (κ3) is 3.11. The topological polar surface area (TPSA) is 29.3 Å². The van der Waals surface area contributed by atoms with Crippen molar-refractivity contribution in [1.29, 1.82) is 0 Å². The maximum Gasteiger partial charge on any atom is 0.123 e. The van der Waals surface area contributed by atoms with E-state index in [0.717, 1.165) is 28.4 Å². The lowest BCUT2D eigenvalue weighted by atomic mass is 10.1. The highest BCUT2D eigenvalue weighted by atomic mass is 79.9. The Morgan fingerprint density at radius 3 is 2.78 bits per heavy atom. The highest BCUT2D eigenvalue weighted by Gasteiger charge is 2.34. The molecule has 1 aliphatic rings. The Bertz CT molecular complexity index is 424. The van der Waals surface area contributed by atoms with Crippen molar-refractivity contribution in [2.45, 2.75) is 19.4 Å². The first kappa shape index (κ1) is 14.0. The predicted molar refractivity (Wildman–Crippen MR) is 75.8 cm³/mol. The molecule has 0 heterocycles. The summed E-state index contributed by atoms with van der Waals surface area (Å²) in [5, 5.41) is 0. The van der Waals surface area contributed by atoms with Crippen molar-refractivity contribution in [3.8, 4) is 0 Å². The molecule has 4 heteroatoms. The number of nitrogens with two attached hydrogens (primary N) is 1. The molecular weight excluding hydrogens is 295 g/mol. The van der Waals surface area contributed by atoms with Crippen molar-refractivity contribution in [2.24, 2.45) is 17.6 Å². The van der Waals surface area contributed by atoms with Gasteiger partial charge in [-0.15, -0.1) is 0 Å². The molecule has 0 aromatic heterocycles. The predicted octanol–water partition coefficient (Wildman–Crippen LogP) is 3.18. The Balaban J connectivity index is 2.13. The Labute approximate surface area is 116 Å². The number of nitrogens with zero attached hydrogens (tertiary/aromatic N) is 1. The van der Waals surface area contributed by atoms with Crippen LogP contribution >= 0.6 is 15.9 Å². The molecule has 2 N–H and O–H groups in total. The van der Waals surface area contributed by atoms with Crippen LogP contribution < -0.4 is 5.73 Å². The Morgan fingerprint density at radius 1 is 1.56 bits per heavy atom. The van der Waals surface area contributed by atoms with Crippen LogP contribution in [0.4, 0.5) is 4.39 Å². The van der Waals surface area contributed by atoms with Crippen LogP contribution in [-0.4, -0.2) is 25.0 Å². The minimum Gasteiger partial charge on any atom is -0.329 e. The summed E-state index contributed by atoms with van der Waals surface area (Å²) in [5.74, 6) is 1.39. The minimum absolute atomic E-state index is 0.0721. The fourth-order valence-electron chi connectivity index (χ4n) is 2.46. The fraction of sp³-hybridized carbons (Fsp3) is 0.571. The van der Waals surface area contributed by atoms with E-state index in [9.17, 15) is 4.39 Å². The molecule has 1 saturated carbocycles. The molecule has 0 aliphatic heterocycles. The maximum absolute atomic E-state index is 13.4. The van der Waals surface area contributed by atoms with E-state index in [0.29, 0.717) is 6.54 Å². The van der Waals surface area contributed by atoms with Gasteiger partial charge in [0.1, 0.15) is 5.82 Å². The van der Waals surface area contributed by atoms with Crippen molar-refractivity contribution in [3.63, 3.8) is 0 Å². The van der Waals surface area contributed by atoms with Crippen LogP contribution in [0.25, 0.3) is 0 Å². The van der Waals surface area contributed by atoms with Gasteiger partial charge in [0.2, 0.25) is 0 Å². The van der Waals surface area contributed by atoms with Gasteiger partial charge >= 0.3 is 0 Å². The lowest BCUT2D eigenvalue weighted by Gasteiger charge is -2.28. The van der Waals surface area contributed by atoms with Crippen molar-refractivity contribution < 1.29 is 4.39 Å². The third-order valence-corrected chi connectivity index (χ3v) is 4.59. The van der Waals surface area contributed by atoms with Crippen LogP contribution in [0.3, 0.4) is 0 Å². The van der Waals surface area contributed by atoms with Gasteiger partial charge in [-0.05, 0) is 49.1 Å². The molecule has 1 aliphatic carbocycles. The van der Waals surface area contributed by atoms with Crippen LogP contribution in [0.1, 0.15) is 24.9 Å². The zero-order valence-corrected chi connectivity index (χ0v) is 12.5. The van der Waals surface area contributed by atoms with E-state index in [1.807, 2.05) is 0 Å². The van der Waals surface area contributed by atoms with Crippen molar-refractivity contribution in [2.75, 3.05) is 20.1 Å². The summed E-state index contributed by atoms with van der Waals surface area (Å²) >= 11 is 3.48. The van der Waals surface area contributed by atoms with E-state index in [2.05, 4.69) is 34.8 Å². The molecule has 1 fully saturated rings. The van der Waals surface area contributed by atoms with Gasteiger partial charge in [-0.1, -0.05) is 22.9 Å². The van der Waals surface area contributed by atoms with Gasteiger partial charge in [0, 0.05) is 23.6 Å². The summed E-state index contributed by atoms with van der Waals surface area (Å²) < 4.78 is 14.3. The summed E-state index contributed by atoms with van der Waals surface area (Å²) in [7, 11) is 2.07. The first-order chi connectivity index (χ1) is 8.52. The molecule has 0 bridgehead atoms. The Kier molecular flexibility index (Phi) is 4.41. The normalized spacial score (nSPS) is 24.3. The zero-order chi connectivity index (χ0) is 13.3. The number of halogens is 2. The second-order valence-electron chi connectivity index (χ2n) is 5.33. The van der Waals surface area contributed by atoms with Gasteiger partial charge in [0.25, 0.3) is 0 Å². The smallest absolute Gasteiger partial charge is 0.123 e. The Hall–Kier alpha value is -0.450. The lowest BCUT2D eigenvalue weighted by molar-refractivity contribution is 0.236. The molecular formula is C14H20BrFN2. The van der Waals surface area contributed by atoms with Crippen LogP contribution in [0.15, 0.2) is 22.7 Å². The Morgan fingerprint density at radius 2 is 2.22 bits per heavy atom. The molecule has 0 spiro atoms. The summed E-state index contributed by atoms with van der Waals surface area (Å²) in [6.45, 7) is 3.81. The zero-order valence-electron chi connectivity index (χ0n) is 10.9. The second kappa shape index (κ2) is 5.68. The quantitative estimate of drug-likeness (QED) is 0.904. The van der Waals surface area contributed by atoms with E-state index in [-0.39, 0.29) is 11.9 Å². The number of hydrogen-bond acceptors (Lipinski definition) is 2. The first-order valence-electron chi connectivity index (χ1n) is 6.38. The highest BCUT2D eigenvalue weighted by molar-refractivity contribution is 9.10. The van der Waals surface area contributed by atoms with Gasteiger partial charge in [-0.25, -0.2) is 4.39 Å². The second-order valence-corrected chi connectivity index (χ2v) is 6.18. The van der Waals surface area contributed by atoms with Gasteiger partial charge in [-0.2, -0.15) is 0 Å². The summed E-state index contributed by atoms with van der Waals surface area (Å²) in [4.78, 5) is 2.24. The van der Waals surface area contributed by atoms with Crippen LogP contribution in [0, 0.1) is 17.7 Å². The summed E-state index contributed by atoms with van der Waals surface area (Å²) in [6, 6.07) is 4.86. The minimum atomic E-state index is -0.208. The molecule has 3 atom stereocenters. The molecule has 2 nitrogen and oxygen atoms in total. The SMILES string of the molecule is CC1CC1CN(C)C(CN)c1cc(F)ccc1Br. The number of benzene rings is 1.